The van der Waals surface area contributed by atoms with E-state index in [-0.39, 0.29) is 16.0 Å². The minimum absolute atomic E-state index is 0.0719. The summed E-state index contributed by atoms with van der Waals surface area (Å²) in [5.74, 6) is 0.462. The molecule has 5 nitrogen and oxygen atoms in total. The number of methoxy groups -OCH3 is 1. The van der Waals surface area contributed by atoms with Gasteiger partial charge >= 0.3 is 0 Å². The molecule has 1 fully saturated rings. The number of piperidine rings is 1. The number of hydrogen-bond acceptors (Lipinski definition) is 4. The second-order valence-corrected chi connectivity index (χ2v) is 6.88. The second-order valence-electron chi connectivity index (χ2n) is 4.56. The summed E-state index contributed by atoms with van der Waals surface area (Å²) in [6.45, 7) is 0.805. The molecule has 1 aromatic rings. The Kier molecular flexibility index (Phi) is 4.35. The van der Waals surface area contributed by atoms with Crippen LogP contribution in [0.3, 0.4) is 0 Å². The van der Waals surface area contributed by atoms with E-state index in [1.165, 1.54) is 23.5 Å². The van der Waals surface area contributed by atoms with E-state index in [2.05, 4.69) is 0 Å². The highest BCUT2D eigenvalue weighted by Crippen LogP contribution is 2.29. The Morgan fingerprint density at radius 3 is 2.84 bits per heavy atom. The first-order valence-electron chi connectivity index (χ1n) is 6.04. The zero-order valence-electron chi connectivity index (χ0n) is 10.7. The van der Waals surface area contributed by atoms with E-state index >= 15 is 0 Å². The van der Waals surface area contributed by atoms with Crippen molar-refractivity contribution in [2.75, 3.05) is 20.2 Å². The van der Waals surface area contributed by atoms with Crippen molar-refractivity contribution in [2.45, 2.75) is 23.8 Å². The van der Waals surface area contributed by atoms with Crippen LogP contribution in [0.2, 0.25) is 5.02 Å². The van der Waals surface area contributed by atoms with Crippen LogP contribution in [0.5, 0.6) is 5.75 Å². The highest BCUT2D eigenvalue weighted by Gasteiger charge is 2.30. The third kappa shape index (κ3) is 3.02. The topological polar surface area (TPSA) is 72.6 Å². The van der Waals surface area contributed by atoms with E-state index in [0.717, 1.165) is 12.8 Å². The van der Waals surface area contributed by atoms with E-state index in [9.17, 15) is 8.42 Å². The largest absolute Gasteiger partial charge is 0.497 e. The molecule has 0 amide bonds. The van der Waals surface area contributed by atoms with Crippen LogP contribution in [-0.2, 0) is 10.0 Å². The Labute approximate surface area is 118 Å². The quantitative estimate of drug-likeness (QED) is 0.917. The van der Waals surface area contributed by atoms with Crippen LogP contribution in [0.1, 0.15) is 12.8 Å². The smallest absolute Gasteiger partial charge is 0.244 e. The van der Waals surface area contributed by atoms with Gasteiger partial charge in [-0.15, -0.1) is 0 Å². The van der Waals surface area contributed by atoms with Gasteiger partial charge in [0.1, 0.15) is 10.6 Å². The Morgan fingerprint density at radius 2 is 2.21 bits per heavy atom. The molecular formula is C12H17ClN2O3S. The number of sulfonamides is 1. The van der Waals surface area contributed by atoms with Gasteiger partial charge in [-0.2, -0.15) is 4.31 Å². The fourth-order valence-electron chi connectivity index (χ4n) is 2.14. The molecule has 2 rings (SSSR count). The maximum Gasteiger partial charge on any atom is 0.244 e. The summed E-state index contributed by atoms with van der Waals surface area (Å²) in [6, 6.07) is 4.48. The normalized spacial score (nSPS) is 21.3. The Bertz CT molecular complexity index is 562. The number of ether oxygens (including phenoxy) is 1. The average Bonchev–Trinajstić information content (AvgIpc) is 2.39. The van der Waals surface area contributed by atoms with Crippen LogP contribution < -0.4 is 10.5 Å². The van der Waals surface area contributed by atoms with Crippen LogP contribution in [0, 0.1) is 0 Å². The molecule has 2 N–H and O–H groups in total. The Hall–Kier alpha value is -0.820. The van der Waals surface area contributed by atoms with Gasteiger partial charge in [0.25, 0.3) is 0 Å². The standard InChI is InChI=1S/C12H17ClN2O3S/c1-18-10-4-5-11(13)12(7-10)19(16,17)15-6-2-3-9(14)8-15/h4-5,7,9H,2-3,6,8,14H2,1H3. The third-order valence-corrected chi connectivity index (χ3v) is 5.52. The van der Waals surface area contributed by atoms with Crippen molar-refractivity contribution in [3.63, 3.8) is 0 Å². The van der Waals surface area contributed by atoms with Crippen molar-refractivity contribution in [1.29, 1.82) is 0 Å². The molecule has 0 saturated carbocycles. The van der Waals surface area contributed by atoms with Gasteiger partial charge < -0.3 is 10.5 Å². The van der Waals surface area contributed by atoms with E-state index < -0.39 is 10.0 Å². The maximum absolute atomic E-state index is 12.6. The summed E-state index contributed by atoms with van der Waals surface area (Å²) in [7, 11) is -2.13. The summed E-state index contributed by atoms with van der Waals surface area (Å²) in [5.41, 5.74) is 5.83. The average molecular weight is 305 g/mol. The van der Waals surface area contributed by atoms with Crippen LogP contribution >= 0.6 is 11.6 Å². The number of nitrogens with two attached hydrogens (primary N) is 1. The third-order valence-electron chi connectivity index (χ3n) is 3.18. The van der Waals surface area contributed by atoms with Gasteiger partial charge in [-0.1, -0.05) is 11.6 Å². The highest BCUT2D eigenvalue weighted by molar-refractivity contribution is 7.89. The zero-order chi connectivity index (χ0) is 14.0. The molecule has 19 heavy (non-hydrogen) atoms. The molecule has 0 spiro atoms. The van der Waals surface area contributed by atoms with Crippen LogP contribution in [0.25, 0.3) is 0 Å². The summed E-state index contributed by atoms with van der Waals surface area (Å²) in [5, 5.41) is 0.194. The summed E-state index contributed by atoms with van der Waals surface area (Å²) >= 11 is 6.00. The van der Waals surface area contributed by atoms with E-state index in [0.29, 0.717) is 18.8 Å². The zero-order valence-corrected chi connectivity index (χ0v) is 12.2. The maximum atomic E-state index is 12.6. The number of benzene rings is 1. The SMILES string of the molecule is COc1ccc(Cl)c(S(=O)(=O)N2CCCC(N)C2)c1. The van der Waals surface area contributed by atoms with E-state index in [4.69, 9.17) is 22.1 Å². The summed E-state index contributed by atoms with van der Waals surface area (Å²) in [4.78, 5) is 0.0719. The van der Waals surface area contributed by atoms with Crippen molar-refractivity contribution in [3.8, 4) is 5.75 Å². The molecule has 1 unspecified atom stereocenters. The number of nitrogens with zero attached hydrogens (tertiary/aromatic N) is 1. The first kappa shape index (κ1) is 14.6. The summed E-state index contributed by atoms with van der Waals surface area (Å²) in [6.07, 6.45) is 1.61. The highest BCUT2D eigenvalue weighted by atomic mass is 35.5. The molecule has 0 bridgehead atoms. The van der Waals surface area contributed by atoms with Crippen LogP contribution in [0.15, 0.2) is 23.1 Å². The molecule has 1 aliphatic heterocycles. The lowest BCUT2D eigenvalue weighted by atomic mass is 10.1. The molecule has 1 aliphatic rings. The van der Waals surface area contributed by atoms with Gasteiger partial charge in [-0.3, -0.25) is 0 Å². The molecule has 0 aromatic heterocycles. The molecule has 1 atom stereocenters. The molecule has 0 radical (unpaired) electrons. The number of halogens is 1. The van der Waals surface area contributed by atoms with Gasteiger partial charge in [-0.25, -0.2) is 8.42 Å². The van der Waals surface area contributed by atoms with E-state index in [1.54, 1.807) is 6.07 Å². The lowest BCUT2D eigenvalue weighted by Crippen LogP contribution is -2.45. The summed E-state index contributed by atoms with van der Waals surface area (Å²) < 4.78 is 31.5. The fraction of sp³-hybridized carbons (Fsp3) is 0.500. The minimum Gasteiger partial charge on any atom is -0.497 e. The molecule has 1 heterocycles. The first-order valence-corrected chi connectivity index (χ1v) is 7.86. The second kappa shape index (κ2) is 5.66. The van der Waals surface area contributed by atoms with Crippen LogP contribution in [0.4, 0.5) is 0 Å². The van der Waals surface area contributed by atoms with Gasteiger partial charge in [0.15, 0.2) is 0 Å². The van der Waals surface area contributed by atoms with Gasteiger partial charge in [0.05, 0.1) is 12.1 Å². The van der Waals surface area contributed by atoms with Gasteiger partial charge in [-0.05, 0) is 25.0 Å². The first-order chi connectivity index (χ1) is 8.95. The molecule has 0 aliphatic carbocycles. The van der Waals surface area contributed by atoms with Crippen molar-refractivity contribution in [3.05, 3.63) is 23.2 Å². The molecule has 1 aromatic carbocycles. The molecule has 7 heteroatoms. The predicted molar refractivity (Wildman–Crippen MR) is 74.0 cm³/mol. The lowest BCUT2D eigenvalue weighted by molar-refractivity contribution is 0.316. The fourth-order valence-corrected chi connectivity index (χ4v) is 4.16. The Morgan fingerprint density at radius 1 is 1.47 bits per heavy atom. The lowest BCUT2D eigenvalue weighted by Gasteiger charge is -2.30. The Balaban J connectivity index is 2.38. The molecule has 1 saturated heterocycles. The molecular weight excluding hydrogens is 288 g/mol. The predicted octanol–water partition coefficient (Wildman–Crippen LogP) is 1.46. The van der Waals surface area contributed by atoms with Crippen molar-refractivity contribution >= 4 is 21.6 Å². The van der Waals surface area contributed by atoms with Crippen molar-refractivity contribution in [1.82, 2.24) is 4.31 Å². The number of rotatable bonds is 3. The number of hydrogen-bond donors (Lipinski definition) is 1. The van der Waals surface area contributed by atoms with E-state index in [1.807, 2.05) is 0 Å². The monoisotopic (exact) mass is 304 g/mol. The van der Waals surface area contributed by atoms with Gasteiger partial charge in [0, 0.05) is 25.2 Å². The van der Waals surface area contributed by atoms with Crippen molar-refractivity contribution < 1.29 is 13.2 Å². The minimum atomic E-state index is -3.62. The van der Waals surface area contributed by atoms with Crippen molar-refractivity contribution in [2.24, 2.45) is 5.73 Å². The molecule has 106 valence electrons. The van der Waals surface area contributed by atoms with Crippen LogP contribution in [-0.4, -0.2) is 39.0 Å². The van der Waals surface area contributed by atoms with Gasteiger partial charge in [0.2, 0.25) is 10.0 Å².